The van der Waals surface area contributed by atoms with Crippen LogP contribution in [0.5, 0.6) is 0 Å². The molecule has 0 heterocycles. The number of amides is 1. The summed E-state index contributed by atoms with van der Waals surface area (Å²) in [5.41, 5.74) is 1.54. The summed E-state index contributed by atoms with van der Waals surface area (Å²) in [6.45, 7) is 5.21. The standard InChI is InChI=1S/C10H10BrNO/c1-7(12-8(2)13)9-3-5-10(11)6-4-9/h3-6H,1H2,2H3,(H,12,13). The van der Waals surface area contributed by atoms with E-state index >= 15 is 0 Å². The first-order valence-corrected chi connectivity index (χ1v) is 4.61. The lowest BCUT2D eigenvalue weighted by atomic mass is 10.2. The van der Waals surface area contributed by atoms with Crippen molar-refractivity contribution >= 4 is 27.5 Å². The molecular formula is C10H10BrNO. The van der Waals surface area contributed by atoms with Crippen molar-refractivity contribution in [2.75, 3.05) is 0 Å². The molecule has 0 aliphatic heterocycles. The van der Waals surface area contributed by atoms with Crippen LogP contribution in [0.2, 0.25) is 0 Å². The van der Waals surface area contributed by atoms with Gasteiger partial charge in [-0.1, -0.05) is 34.6 Å². The maximum Gasteiger partial charge on any atom is 0.221 e. The van der Waals surface area contributed by atoms with Crippen LogP contribution in [-0.4, -0.2) is 5.91 Å². The number of hydrogen-bond donors (Lipinski definition) is 1. The molecule has 1 aromatic carbocycles. The predicted octanol–water partition coefficient (Wildman–Crippen LogP) is 2.56. The van der Waals surface area contributed by atoms with Gasteiger partial charge in [-0.25, -0.2) is 0 Å². The van der Waals surface area contributed by atoms with Gasteiger partial charge in [0.2, 0.25) is 5.91 Å². The molecule has 0 aliphatic carbocycles. The Morgan fingerprint density at radius 2 is 1.92 bits per heavy atom. The zero-order valence-electron chi connectivity index (χ0n) is 7.30. The molecule has 0 atom stereocenters. The Bertz CT molecular complexity index is 329. The van der Waals surface area contributed by atoms with Crippen molar-refractivity contribution in [2.24, 2.45) is 0 Å². The Labute approximate surface area is 85.8 Å². The van der Waals surface area contributed by atoms with Crippen LogP contribution in [0.1, 0.15) is 12.5 Å². The Kier molecular flexibility index (Phi) is 3.25. The van der Waals surface area contributed by atoms with E-state index in [9.17, 15) is 4.79 Å². The van der Waals surface area contributed by atoms with Gasteiger partial charge in [-0.3, -0.25) is 4.79 Å². The molecule has 1 N–H and O–H groups in total. The van der Waals surface area contributed by atoms with E-state index < -0.39 is 0 Å². The van der Waals surface area contributed by atoms with Gasteiger partial charge >= 0.3 is 0 Å². The first-order valence-electron chi connectivity index (χ1n) is 3.82. The van der Waals surface area contributed by atoms with Crippen molar-refractivity contribution in [1.82, 2.24) is 5.32 Å². The average Bonchev–Trinajstić information content (AvgIpc) is 2.04. The highest BCUT2D eigenvalue weighted by Crippen LogP contribution is 2.14. The van der Waals surface area contributed by atoms with Crippen molar-refractivity contribution < 1.29 is 4.79 Å². The summed E-state index contributed by atoms with van der Waals surface area (Å²) in [5.74, 6) is -0.104. The molecule has 0 aliphatic rings. The lowest BCUT2D eigenvalue weighted by Gasteiger charge is -2.05. The molecule has 13 heavy (non-hydrogen) atoms. The minimum absolute atomic E-state index is 0.104. The lowest BCUT2D eigenvalue weighted by molar-refractivity contribution is -0.117. The van der Waals surface area contributed by atoms with Gasteiger partial charge in [-0.15, -0.1) is 0 Å². The second-order valence-electron chi connectivity index (χ2n) is 2.67. The van der Waals surface area contributed by atoms with Crippen molar-refractivity contribution in [3.8, 4) is 0 Å². The van der Waals surface area contributed by atoms with Crippen molar-refractivity contribution in [3.63, 3.8) is 0 Å². The topological polar surface area (TPSA) is 29.1 Å². The van der Waals surface area contributed by atoms with Gasteiger partial charge in [0.05, 0.1) is 0 Å². The summed E-state index contributed by atoms with van der Waals surface area (Å²) in [4.78, 5) is 10.7. The maximum atomic E-state index is 10.7. The zero-order chi connectivity index (χ0) is 9.84. The van der Waals surface area contributed by atoms with E-state index in [1.807, 2.05) is 24.3 Å². The molecular weight excluding hydrogens is 230 g/mol. The van der Waals surface area contributed by atoms with E-state index in [0.29, 0.717) is 5.70 Å². The van der Waals surface area contributed by atoms with Crippen molar-refractivity contribution in [1.29, 1.82) is 0 Å². The first kappa shape index (κ1) is 9.99. The van der Waals surface area contributed by atoms with Crippen LogP contribution in [0.15, 0.2) is 35.3 Å². The number of halogens is 1. The van der Waals surface area contributed by atoms with Gasteiger partial charge in [0, 0.05) is 17.1 Å². The molecule has 2 nitrogen and oxygen atoms in total. The largest absolute Gasteiger partial charge is 0.326 e. The molecule has 3 heteroatoms. The van der Waals surface area contributed by atoms with E-state index in [1.54, 1.807) is 0 Å². The van der Waals surface area contributed by atoms with Crippen LogP contribution < -0.4 is 5.32 Å². The number of hydrogen-bond acceptors (Lipinski definition) is 1. The highest BCUT2D eigenvalue weighted by atomic mass is 79.9. The molecule has 0 aromatic heterocycles. The zero-order valence-corrected chi connectivity index (χ0v) is 8.89. The van der Waals surface area contributed by atoms with E-state index in [-0.39, 0.29) is 5.91 Å². The summed E-state index contributed by atoms with van der Waals surface area (Å²) >= 11 is 3.33. The van der Waals surface area contributed by atoms with Crippen LogP contribution in [-0.2, 0) is 4.79 Å². The molecule has 0 saturated carbocycles. The predicted molar refractivity (Wildman–Crippen MR) is 57.0 cm³/mol. The summed E-state index contributed by atoms with van der Waals surface area (Å²) < 4.78 is 1.01. The number of carbonyl (C=O) groups excluding carboxylic acids is 1. The number of carbonyl (C=O) groups is 1. The van der Waals surface area contributed by atoms with Gasteiger partial charge in [-0.05, 0) is 17.7 Å². The van der Waals surface area contributed by atoms with Crippen molar-refractivity contribution in [3.05, 3.63) is 40.9 Å². The summed E-state index contributed by atoms with van der Waals surface area (Å²) in [7, 11) is 0. The van der Waals surface area contributed by atoms with E-state index in [0.717, 1.165) is 10.0 Å². The van der Waals surface area contributed by atoms with Gasteiger partial charge in [0.25, 0.3) is 0 Å². The first-order chi connectivity index (χ1) is 6.09. The van der Waals surface area contributed by atoms with Gasteiger partial charge < -0.3 is 5.32 Å². The van der Waals surface area contributed by atoms with Crippen LogP contribution in [0.4, 0.5) is 0 Å². The highest BCUT2D eigenvalue weighted by Gasteiger charge is 1.99. The fourth-order valence-corrected chi connectivity index (χ4v) is 1.20. The quantitative estimate of drug-likeness (QED) is 0.845. The monoisotopic (exact) mass is 239 g/mol. The average molecular weight is 240 g/mol. The Morgan fingerprint density at radius 3 is 2.38 bits per heavy atom. The van der Waals surface area contributed by atoms with Crippen LogP contribution in [0.25, 0.3) is 5.70 Å². The third kappa shape index (κ3) is 3.03. The highest BCUT2D eigenvalue weighted by molar-refractivity contribution is 9.10. The number of benzene rings is 1. The van der Waals surface area contributed by atoms with Crippen LogP contribution in [0, 0.1) is 0 Å². The normalized spacial score (nSPS) is 9.38. The minimum Gasteiger partial charge on any atom is -0.326 e. The van der Waals surface area contributed by atoms with E-state index in [2.05, 4.69) is 27.8 Å². The molecule has 1 aromatic rings. The van der Waals surface area contributed by atoms with E-state index in [4.69, 9.17) is 0 Å². The Hall–Kier alpha value is -1.09. The van der Waals surface area contributed by atoms with Gasteiger partial charge in [0.15, 0.2) is 0 Å². The molecule has 0 spiro atoms. The third-order valence-corrected chi connectivity index (χ3v) is 2.05. The maximum absolute atomic E-state index is 10.7. The van der Waals surface area contributed by atoms with Gasteiger partial charge in [0.1, 0.15) is 0 Å². The molecule has 0 radical (unpaired) electrons. The summed E-state index contributed by atoms with van der Waals surface area (Å²) in [6.07, 6.45) is 0. The molecule has 1 rings (SSSR count). The molecule has 1 amide bonds. The summed E-state index contributed by atoms with van der Waals surface area (Å²) in [5, 5.41) is 2.63. The second kappa shape index (κ2) is 4.23. The van der Waals surface area contributed by atoms with Crippen LogP contribution >= 0.6 is 15.9 Å². The minimum atomic E-state index is -0.104. The molecule has 0 fully saturated rings. The second-order valence-corrected chi connectivity index (χ2v) is 3.58. The van der Waals surface area contributed by atoms with Gasteiger partial charge in [-0.2, -0.15) is 0 Å². The molecule has 0 saturated heterocycles. The molecule has 68 valence electrons. The smallest absolute Gasteiger partial charge is 0.221 e. The van der Waals surface area contributed by atoms with E-state index in [1.165, 1.54) is 6.92 Å². The number of rotatable bonds is 2. The Balaban J connectivity index is 2.78. The third-order valence-electron chi connectivity index (χ3n) is 1.52. The fraction of sp³-hybridized carbons (Fsp3) is 0.100. The van der Waals surface area contributed by atoms with Crippen LogP contribution in [0.3, 0.4) is 0 Å². The lowest BCUT2D eigenvalue weighted by Crippen LogP contribution is -2.16. The fourth-order valence-electron chi connectivity index (χ4n) is 0.936. The molecule has 0 unspecified atom stereocenters. The number of nitrogens with one attached hydrogen (secondary N) is 1. The Morgan fingerprint density at radius 1 is 1.38 bits per heavy atom. The summed E-state index contributed by atoms with van der Waals surface area (Å²) in [6, 6.07) is 7.59. The van der Waals surface area contributed by atoms with Crippen molar-refractivity contribution in [2.45, 2.75) is 6.92 Å². The molecule has 0 bridgehead atoms. The SMILES string of the molecule is C=C(NC(C)=O)c1ccc(Br)cc1.